The number of carboxylic acids is 1. The summed E-state index contributed by atoms with van der Waals surface area (Å²) in [6.07, 6.45) is 0.351. The van der Waals surface area contributed by atoms with Crippen LogP contribution in [0, 0.1) is 6.92 Å². The number of aromatic nitrogens is 2. The molecule has 8 nitrogen and oxygen atoms in total. The molecule has 1 amide bonds. The van der Waals surface area contributed by atoms with Crippen molar-refractivity contribution in [3.05, 3.63) is 47.2 Å². The molecule has 0 saturated carbocycles. The Morgan fingerprint density at radius 2 is 2.08 bits per heavy atom. The zero-order valence-corrected chi connectivity index (χ0v) is 15.0. The first-order valence-electron chi connectivity index (χ1n) is 8.13. The van der Waals surface area contributed by atoms with Gasteiger partial charge in [-0.2, -0.15) is 5.10 Å². The van der Waals surface area contributed by atoms with E-state index in [9.17, 15) is 23.1 Å². The van der Waals surface area contributed by atoms with Gasteiger partial charge in [0.2, 0.25) is 5.91 Å². The number of amides is 1. The van der Waals surface area contributed by atoms with Gasteiger partial charge in [0.05, 0.1) is 35.2 Å². The highest BCUT2D eigenvalue weighted by atomic mass is 32.2. The minimum Gasteiger partial charge on any atom is -0.478 e. The molecule has 1 aliphatic heterocycles. The third-order valence-corrected chi connectivity index (χ3v) is 6.03. The molecule has 0 spiro atoms. The van der Waals surface area contributed by atoms with Crippen molar-refractivity contribution in [3.8, 4) is 0 Å². The monoisotopic (exact) mass is 377 g/mol. The Balaban J connectivity index is 1.78. The number of rotatable bonds is 5. The summed E-state index contributed by atoms with van der Waals surface area (Å²) >= 11 is 0. The Hall–Kier alpha value is -2.68. The zero-order valence-electron chi connectivity index (χ0n) is 14.2. The Labute approximate surface area is 150 Å². The lowest BCUT2D eigenvalue weighted by Gasteiger charge is -2.14. The van der Waals surface area contributed by atoms with Gasteiger partial charge in [0, 0.05) is 6.07 Å². The van der Waals surface area contributed by atoms with E-state index in [1.165, 1.54) is 6.07 Å². The van der Waals surface area contributed by atoms with Crippen molar-refractivity contribution >= 4 is 27.5 Å². The summed E-state index contributed by atoms with van der Waals surface area (Å²) in [5.41, 5.74) is 1.15. The van der Waals surface area contributed by atoms with Crippen molar-refractivity contribution in [1.29, 1.82) is 0 Å². The van der Waals surface area contributed by atoms with Gasteiger partial charge in [-0.15, -0.1) is 0 Å². The first-order chi connectivity index (χ1) is 12.2. The number of hydrogen-bond acceptors (Lipinski definition) is 5. The summed E-state index contributed by atoms with van der Waals surface area (Å²) in [5.74, 6) is -0.956. The van der Waals surface area contributed by atoms with E-state index in [1.54, 1.807) is 35.9 Å². The molecule has 3 rings (SSSR count). The molecule has 9 heteroatoms. The third-order valence-electron chi connectivity index (χ3n) is 4.28. The van der Waals surface area contributed by atoms with Crippen molar-refractivity contribution in [2.75, 3.05) is 16.8 Å². The number of aromatic carboxylic acids is 1. The zero-order chi connectivity index (χ0) is 18.9. The molecule has 1 aromatic carbocycles. The van der Waals surface area contributed by atoms with Crippen LogP contribution in [0.1, 0.15) is 34.1 Å². The van der Waals surface area contributed by atoms with Crippen LogP contribution in [0.25, 0.3) is 0 Å². The summed E-state index contributed by atoms with van der Waals surface area (Å²) in [4.78, 5) is 23.6. The van der Waals surface area contributed by atoms with E-state index in [0.29, 0.717) is 23.5 Å². The van der Waals surface area contributed by atoms with Crippen LogP contribution in [0.4, 0.5) is 5.82 Å². The second-order valence-corrected chi connectivity index (χ2v) is 8.59. The predicted molar refractivity (Wildman–Crippen MR) is 95.0 cm³/mol. The van der Waals surface area contributed by atoms with Gasteiger partial charge in [-0.1, -0.05) is 18.2 Å². The van der Waals surface area contributed by atoms with E-state index >= 15 is 0 Å². The first kappa shape index (κ1) is 18.1. The van der Waals surface area contributed by atoms with E-state index in [2.05, 4.69) is 10.4 Å². The topological polar surface area (TPSA) is 118 Å². The van der Waals surface area contributed by atoms with Gasteiger partial charge in [-0.05, 0) is 25.0 Å². The molecule has 1 aliphatic rings. The number of carbonyl (C=O) groups excluding carboxylic acids is 1. The SMILES string of the molecule is Cc1cc(NC(=O)Cc2ccccc2C(=O)O)n([C@@H]2CCS(=O)(=O)C2)n1. The summed E-state index contributed by atoms with van der Waals surface area (Å²) < 4.78 is 25.0. The molecule has 0 radical (unpaired) electrons. The summed E-state index contributed by atoms with van der Waals surface area (Å²) in [6, 6.07) is 7.68. The molecule has 26 heavy (non-hydrogen) atoms. The first-order valence-corrected chi connectivity index (χ1v) is 9.95. The highest BCUT2D eigenvalue weighted by Gasteiger charge is 2.31. The molecule has 0 bridgehead atoms. The van der Waals surface area contributed by atoms with Crippen molar-refractivity contribution in [2.45, 2.75) is 25.8 Å². The number of benzene rings is 1. The number of nitrogens with one attached hydrogen (secondary N) is 1. The Morgan fingerprint density at radius 3 is 2.73 bits per heavy atom. The van der Waals surface area contributed by atoms with E-state index in [0.717, 1.165) is 0 Å². The van der Waals surface area contributed by atoms with Gasteiger partial charge in [-0.3, -0.25) is 4.79 Å². The average molecular weight is 377 g/mol. The van der Waals surface area contributed by atoms with Crippen LogP contribution in [0.15, 0.2) is 30.3 Å². The number of sulfone groups is 1. The Kier molecular flexibility index (Phi) is 4.82. The van der Waals surface area contributed by atoms with Gasteiger partial charge in [0.15, 0.2) is 9.84 Å². The van der Waals surface area contributed by atoms with Gasteiger partial charge in [0.25, 0.3) is 0 Å². The van der Waals surface area contributed by atoms with E-state index in [-0.39, 0.29) is 35.4 Å². The van der Waals surface area contributed by atoms with E-state index < -0.39 is 15.8 Å². The second-order valence-electron chi connectivity index (χ2n) is 6.36. The number of anilines is 1. The Morgan fingerprint density at radius 1 is 1.35 bits per heavy atom. The maximum absolute atomic E-state index is 12.4. The van der Waals surface area contributed by atoms with Crippen LogP contribution in [0.2, 0.25) is 0 Å². The largest absolute Gasteiger partial charge is 0.478 e. The van der Waals surface area contributed by atoms with Gasteiger partial charge in [0.1, 0.15) is 5.82 Å². The maximum atomic E-state index is 12.4. The molecule has 1 saturated heterocycles. The lowest BCUT2D eigenvalue weighted by molar-refractivity contribution is -0.115. The van der Waals surface area contributed by atoms with Crippen LogP contribution in [0.3, 0.4) is 0 Å². The third kappa shape index (κ3) is 3.93. The second kappa shape index (κ2) is 6.91. The summed E-state index contributed by atoms with van der Waals surface area (Å²) in [7, 11) is -3.08. The number of aryl methyl sites for hydroxylation is 1. The minimum atomic E-state index is -3.08. The molecule has 0 unspecified atom stereocenters. The minimum absolute atomic E-state index is 0.00115. The summed E-state index contributed by atoms with van der Waals surface area (Å²) in [6.45, 7) is 1.76. The van der Waals surface area contributed by atoms with Crippen LogP contribution in [0.5, 0.6) is 0 Å². The summed E-state index contributed by atoms with van der Waals surface area (Å²) in [5, 5.41) is 16.2. The van der Waals surface area contributed by atoms with Crippen LogP contribution in [-0.4, -0.2) is 46.7 Å². The van der Waals surface area contributed by atoms with Crippen LogP contribution < -0.4 is 5.32 Å². The van der Waals surface area contributed by atoms with E-state index in [1.807, 2.05) is 0 Å². The predicted octanol–water partition coefficient (Wildman–Crippen LogP) is 1.43. The lowest BCUT2D eigenvalue weighted by Crippen LogP contribution is -2.21. The Bertz CT molecular complexity index is 965. The fourth-order valence-electron chi connectivity index (χ4n) is 3.10. The number of carbonyl (C=O) groups is 2. The molecule has 2 heterocycles. The molecule has 1 fully saturated rings. The molecule has 1 aromatic heterocycles. The van der Waals surface area contributed by atoms with Gasteiger partial charge in [-0.25, -0.2) is 17.9 Å². The maximum Gasteiger partial charge on any atom is 0.335 e. The van der Waals surface area contributed by atoms with E-state index in [4.69, 9.17) is 0 Å². The standard InChI is InChI=1S/C17H19N3O5S/c1-11-8-15(20(19-11)13-6-7-26(24,25)10-13)18-16(21)9-12-4-2-3-5-14(12)17(22)23/h2-5,8,13H,6-7,9-10H2,1H3,(H,18,21)(H,22,23)/t13-/m1/s1. The quantitative estimate of drug-likeness (QED) is 0.814. The van der Waals surface area contributed by atoms with Crippen molar-refractivity contribution < 1.29 is 23.1 Å². The average Bonchev–Trinajstić information content (AvgIpc) is 3.09. The fraction of sp³-hybridized carbons (Fsp3) is 0.353. The molecule has 138 valence electrons. The highest BCUT2D eigenvalue weighted by molar-refractivity contribution is 7.91. The smallest absolute Gasteiger partial charge is 0.335 e. The number of carboxylic acid groups (broad SMARTS) is 1. The molecule has 1 atom stereocenters. The van der Waals surface area contributed by atoms with Crippen LogP contribution >= 0.6 is 0 Å². The number of hydrogen-bond donors (Lipinski definition) is 2. The van der Waals surface area contributed by atoms with Crippen molar-refractivity contribution in [3.63, 3.8) is 0 Å². The molecular formula is C17H19N3O5S. The van der Waals surface area contributed by atoms with Crippen molar-refractivity contribution in [1.82, 2.24) is 9.78 Å². The number of nitrogens with zero attached hydrogens (tertiary/aromatic N) is 2. The molecule has 2 aromatic rings. The fourth-order valence-corrected chi connectivity index (χ4v) is 4.79. The van der Waals surface area contributed by atoms with Crippen LogP contribution in [-0.2, 0) is 21.1 Å². The lowest BCUT2D eigenvalue weighted by atomic mass is 10.0. The van der Waals surface area contributed by atoms with Crippen molar-refractivity contribution in [2.24, 2.45) is 0 Å². The van der Waals surface area contributed by atoms with Gasteiger partial charge < -0.3 is 10.4 Å². The molecule has 0 aliphatic carbocycles. The molecular weight excluding hydrogens is 358 g/mol. The van der Waals surface area contributed by atoms with Gasteiger partial charge >= 0.3 is 5.97 Å². The normalized spacial score (nSPS) is 18.6. The highest BCUT2D eigenvalue weighted by Crippen LogP contribution is 2.27. The molecule has 2 N–H and O–H groups in total.